The van der Waals surface area contributed by atoms with E-state index in [1.807, 2.05) is 11.6 Å². The fourth-order valence-corrected chi connectivity index (χ4v) is 2.62. The van der Waals surface area contributed by atoms with Gasteiger partial charge in [0.05, 0.1) is 17.7 Å². The maximum Gasteiger partial charge on any atom is 0.0795 e. The predicted molar refractivity (Wildman–Crippen MR) is 83.1 cm³/mol. The number of nitrogens with zero attached hydrogens (tertiary/aromatic N) is 2. The summed E-state index contributed by atoms with van der Waals surface area (Å²) in [5.74, 6) is 0. The second-order valence-corrected chi connectivity index (χ2v) is 5.52. The van der Waals surface area contributed by atoms with E-state index < -0.39 is 0 Å². The molecule has 0 saturated heterocycles. The first-order chi connectivity index (χ1) is 9.20. The maximum atomic E-state index is 6.31. The van der Waals surface area contributed by atoms with Crippen LogP contribution in [0.4, 0.5) is 5.69 Å². The van der Waals surface area contributed by atoms with Crippen molar-refractivity contribution in [3.05, 3.63) is 45.4 Å². The third-order valence-electron chi connectivity index (χ3n) is 2.93. The summed E-state index contributed by atoms with van der Waals surface area (Å²) in [5.41, 5.74) is 5.18. The number of anilines is 1. The molecule has 0 radical (unpaired) electrons. The van der Waals surface area contributed by atoms with E-state index >= 15 is 0 Å². The van der Waals surface area contributed by atoms with Crippen molar-refractivity contribution in [1.82, 2.24) is 10.3 Å². The Morgan fingerprint density at radius 3 is 2.89 bits per heavy atom. The molecule has 5 heteroatoms. The molecule has 1 aromatic heterocycles. The molecule has 0 aliphatic rings. The van der Waals surface area contributed by atoms with Gasteiger partial charge in [-0.05, 0) is 24.2 Å². The van der Waals surface area contributed by atoms with Crippen molar-refractivity contribution in [1.29, 1.82) is 0 Å². The number of rotatable bonds is 6. The summed E-state index contributed by atoms with van der Waals surface area (Å²) >= 11 is 7.93. The largest absolute Gasteiger partial charge is 0.369 e. The number of halogens is 1. The lowest BCUT2D eigenvalue weighted by Crippen LogP contribution is -2.17. The van der Waals surface area contributed by atoms with Crippen LogP contribution in [0.1, 0.15) is 18.2 Å². The molecule has 0 spiro atoms. The van der Waals surface area contributed by atoms with Gasteiger partial charge in [0.2, 0.25) is 0 Å². The number of benzene rings is 1. The highest BCUT2D eigenvalue weighted by molar-refractivity contribution is 7.07. The molecule has 0 fully saturated rings. The second kappa shape index (κ2) is 6.89. The molecule has 1 heterocycles. The fraction of sp³-hybridized carbons (Fsp3) is 0.357. The van der Waals surface area contributed by atoms with Crippen LogP contribution < -0.4 is 10.2 Å². The van der Waals surface area contributed by atoms with E-state index in [1.54, 1.807) is 11.3 Å². The van der Waals surface area contributed by atoms with E-state index in [2.05, 4.69) is 46.7 Å². The average Bonchev–Trinajstić information content (AvgIpc) is 2.90. The first kappa shape index (κ1) is 14.3. The molecule has 102 valence electrons. The molecule has 0 saturated carbocycles. The molecule has 3 nitrogen and oxygen atoms in total. The second-order valence-electron chi connectivity index (χ2n) is 4.39. The van der Waals surface area contributed by atoms with Crippen molar-refractivity contribution in [2.75, 3.05) is 18.5 Å². The van der Waals surface area contributed by atoms with Gasteiger partial charge in [0.25, 0.3) is 0 Å². The van der Waals surface area contributed by atoms with Gasteiger partial charge in [0.1, 0.15) is 0 Å². The normalized spacial score (nSPS) is 10.7. The van der Waals surface area contributed by atoms with Crippen molar-refractivity contribution < 1.29 is 0 Å². The van der Waals surface area contributed by atoms with E-state index in [1.165, 1.54) is 0 Å². The molecular formula is C14H18ClN3S. The van der Waals surface area contributed by atoms with Gasteiger partial charge in [-0.2, -0.15) is 0 Å². The van der Waals surface area contributed by atoms with Gasteiger partial charge >= 0.3 is 0 Å². The van der Waals surface area contributed by atoms with Crippen LogP contribution in [0.25, 0.3) is 0 Å². The van der Waals surface area contributed by atoms with Crippen LogP contribution in [-0.4, -0.2) is 18.6 Å². The van der Waals surface area contributed by atoms with Crippen LogP contribution in [-0.2, 0) is 13.1 Å². The van der Waals surface area contributed by atoms with Crippen LogP contribution in [0.2, 0.25) is 5.02 Å². The molecule has 1 N–H and O–H groups in total. The Labute approximate surface area is 123 Å². The summed E-state index contributed by atoms with van der Waals surface area (Å²) in [7, 11) is 2.05. The number of hydrogen-bond donors (Lipinski definition) is 1. The van der Waals surface area contributed by atoms with Gasteiger partial charge in [-0.15, -0.1) is 11.3 Å². The van der Waals surface area contributed by atoms with E-state index in [0.717, 1.165) is 41.6 Å². The Morgan fingerprint density at radius 1 is 1.42 bits per heavy atom. The fourth-order valence-electron chi connectivity index (χ4n) is 1.83. The minimum absolute atomic E-state index is 0.798. The summed E-state index contributed by atoms with van der Waals surface area (Å²) in [6.07, 6.45) is 0. The standard InChI is InChI=1S/C14H18ClN3S/c1-3-16-7-11-4-5-13(6-14(11)15)18(2)8-12-9-19-10-17-12/h4-6,9-10,16H,3,7-8H2,1-2H3. The van der Waals surface area contributed by atoms with Crippen molar-refractivity contribution in [3.8, 4) is 0 Å². The zero-order valence-corrected chi connectivity index (χ0v) is 12.8. The van der Waals surface area contributed by atoms with Gasteiger partial charge in [-0.3, -0.25) is 0 Å². The zero-order chi connectivity index (χ0) is 13.7. The van der Waals surface area contributed by atoms with E-state index in [4.69, 9.17) is 11.6 Å². The Bertz CT molecular complexity index is 513. The quantitative estimate of drug-likeness (QED) is 0.883. The first-order valence-corrected chi connectivity index (χ1v) is 7.60. The van der Waals surface area contributed by atoms with Crippen LogP contribution in [0.5, 0.6) is 0 Å². The Balaban J connectivity index is 2.06. The minimum Gasteiger partial charge on any atom is -0.369 e. The van der Waals surface area contributed by atoms with Crippen LogP contribution in [0.15, 0.2) is 29.1 Å². The highest BCUT2D eigenvalue weighted by atomic mass is 35.5. The van der Waals surface area contributed by atoms with Crippen molar-refractivity contribution in [2.24, 2.45) is 0 Å². The molecule has 19 heavy (non-hydrogen) atoms. The monoisotopic (exact) mass is 295 g/mol. The van der Waals surface area contributed by atoms with Gasteiger partial charge in [0, 0.05) is 29.7 Å². The highest BCUT2D eigenvalue weighted by Gasteiger charge is 2.07. The predicted octanol–water partition coefficient (Wildman–Crippen LogP) is 3.54. The molecule has 2 aromatic rings. The lowest BCUT2D eigenvalue weighted by Gasteiger charge is -2.19. The summed E-state index contributed by atoms with van der Waals surface area (Å²) in [4.78, 5) is 6.45. The Morgan fingerprint density at radius 2 is 2.26 bits per heavy atom. The average molecular weight is 296 g/mol. The molecule has 1 aromatic carbocycles. The number of aromatic nitrogens is 1. The third-order valence-corrected chi connectivity index (χ3v) is 3.91. The Kier molecular flexibility index (Phi) is 5.19. The van der Waals surface area contributed by atoms with Gasteiger partial charge in [-0.1, -0.05) is 24.6 Å². The summed E-state index contributed by atoms with van der Waals surface area (Å²) < 4.78 is 0. The SMILES string of the molecule is CCNCc1ccc(N(C)Cc2cscn2)cc1Cl. The topological polar surface area (TPSA) is 28.2 Å². The number of thiazole rings is 1. The summed E-state index contributed by atoms with van der Waals surface area (Å²) in [5, 5.41) is 6.16. The lowest BCUT2D eigenvalue weighted by atomic mass is 10.2. The molecule has 0 amide bonds. The maximum absolute atomic E-state index is 6.31. The molecular weight excluding hydrogens is 278 g/mol. The van der Waals surface area contributed by atoms with Gasteiger partial charge in [-0.25, -0.2) is 4.98 Å². The van der Waals surface area contributed by atoms with Crippen LogP contribution >= 0.6 is 22.9 Å². The van der Waals surface area contributed by atoms with Crippen molar-refractivity contribution >= 4 is 28.6 Å². The zero-order valence-electron chi connectivity index (χ0n) is 11.2. The van der Waals surface area contributed by atoms with Crippen LogP contribution in [0, 0.1) is 0 Å². The van der Waals surface area contributed by atoms with Crippen molar-refractivity contribution in [3.63, 3.8) is 0 Å². The minimum atomic E-state index is 0.798. The molecule has 2 rings (SSSR count). The third kappa shape index (κ3) is 3.93. The lowest BCUT2D eigenvalue weighted by molar-refractivity contribution is 0.727. The summed E-state index contributed by atoms with van der Waals surface area (Å²) in [6.45, 7) is 4.64. The van der Waals surface area contributed by atoms with Crippen LogP contribution in [0.3, 0.4) is 0 Å². The van der Waals surface area contributed by atoms with E-state index in [-0.39, 0.29) is 0 Å². The molecule has 0 atom stereocenters. The highest BCUT2D eigenvalue weighted by Crippen LogP contribution is 2.24. The smallest absolute Gasteiger partial charge is 0.0795 e. The number of hydrogen-bond acceptors (Lipinski definition) is 4. The Hall–Kier alpha value is -1.10. The molecule has 0 aliphatic carbocycles. The van der Waals surface area contributed by atoms with Gasteiger partial charge < -0.3 is 10.2 Å². The van der Waals surface area contributed by atoms with Crippen molar-refractivity contribution in [2.45, 2.75) is 20.0 Å². The van der Waals surface area contributed by atoms with E-state index in [9.17, 15) is 0 Å². The molecule has 0 unspecified atom stereocenters. The molecule has 0 aliphatic heterocycles. The number of nitrogens with one attached hydrogen (secondary N) is 1. The van der Waals surface area contributed by atoms with Gasteiger partial charge in [0.15, 0.2) is 0 Å². The molecule has 0 bridgehead atoms. The van der Waals surface area contributed by atoms with E-state index in [0.29, 0.717) is 0 Å². The first-order valence-electron chi connectivity index (χ1n) is 6.28. The summed E-state index contributed by atoms with van der Waals surface area (Å²) in [6, 6.07) is 6.20.